The van der Waals surface area contributed by atoms with Crippen LogP contribution in [0, 0.1) is 6.92 Å². The number of aryl methyl sites for hydroxylation is 1. The molecule has 2 aromatic carbocycles. The Hall–Kier alpha value is -1.56. The molecule has 0 saturated heterocycles. The zero-order valence-corrected chi connectivity index (χ0v) is 13.2. The van der Waals surface area contributed by atoms with E-state index in [9.17, 15) is 13.5 Å². The normalized spacial score (nSPS) is 13.0. The lowest BCUT2D eigenvalue weighted by Crippen LogP contribution is -2.14. The number of halogens is 1. The molecular weight excluding hydrogens is 310 g/mol. The molecule has 2 N–H and O–H groups in total. The fourth-order valence-electron chi connectivity index (χ4n) is 1.85. The number of hydrogen-bond donors (Lipinski definition) is 2. The van der Waals surface area contributed by atoms with Crippen molar-refractivity contribution in [3.8, 4) is 0 Å². The molecule has 0 spiro atoms. The van der Waals surface area contributed by atoms with E-state index in [-0.39, 0.29) is 4.90 Å². The van der Waals surface area contributed by atoms with Gasteiger partial charge in [0.2, 0.25) is 0 Å². The van der Waals surface area contributed by atoms with Crippen LogP contribution in [0.3, 0.4) is 0 Å². The van der Waals surface area contributed by atoms with E-state index in [2.05, 4.69) is 4.72 Å². The minimum atomic E-state index is -3.73. The first-order valence-electron chi connectivity index (χ1n) is 6.36. The minimum absolute atomic E-state index is 0.0975. The summed E-state index contributed by atoms with van der Waals surface area (Å²) in [4.78, 5) is 0.0975. The number of anilines is 1. The Balaban J connectivity index is 2.38. The fraction of sp³-hybridized carbons (Fsp3) is 0.200. The monoisotopic (exact) mass is 325 g/mol. The lowest BCUT2D eigenvalue weighted by atomic mass is 10.1. The van der Waals surface area contributed by atoms with Gasteiger partial charge >= 0.3 is 0 Å². The Morgan fingerprint density at radius 3 is 2.57 bits per heavy atom. The molecule has 2 rings (SSSR count). The first-order chi connectivity index (χ1) is 9.79. The first-order valence-corrected chi connectivity index (χ1v) is 8.23. The van der Waals surface area contributed by atoms with Crippen molar-refractivity contribution in [1.29, 1.82) is 0 Å². The van der Waals surface area contributed by atoms with E-state index in [1.54, 1.807) is 44.2 Å². The summed E-state index contributed by atoms with van der Waals surface area (Å²) in [5.74, 6) is 0. The van der Waals surface area contributed by atoms with Gasteiger partial charge in [-0.1, -0.05) is 29.8 Å². The third kappa shape index (κ3) is 3.75. The van der Waals surface area contributed by atoms with Crippen molar-refractivity contribution in [2.75, 3.05) is 4.72 Å². The summed E-state index contributed by atoms with van der Waals surface area (Å²) in [5, 5.41) is 10.0. The third-order valence-corrected chi connectivity index (χ3v) is 4.69. The highest BCUT2D eigenvalue weighted by Gasteiger charge is 2.16. The van der Waals surface area contributed by atoms with Gasteiger partial charge in [0.15, 0.2) is 0 Å². The predicted molar refractivity (Wildman–Crippen MR) is 84.1 cm³/mol. The van der Waals surface area contributed by atoms with Gasteiger partial charge in [-0.05, 0) is 49.2 Å². The molecule has 0 heterocycles. The summed E-state index contributed by atoms with van der Waals surface area (Å²) in [6.45, 7) is 3.38. The maximum atomic E-state index is 12.4. The molecule has 1 atom stereocenters. The maximum absolute atomic E-state index is 12.4. The molecule has 0 bridgehead atoms. The molecule has 0 fully saturated rings. The van der Waals surface area contributed by atoms with Crippen LogP contribution >= 0.6 is 11.6 Å². The second kappa shape index (κ2) is 6.05. The molecule has 0 aliphatic heterocycles. The van der Waals surface area contributed by atoms with Crippen molar-refractivity contribution in [3.05, 3.63) is 58.6 Å². The Morgan fingerprint density at radius 2 is 1.90 bits per heavy atom. The second-order valence-electron chi connectivity index (χ2n) is 4.81. The quantitative estimate of drug-likeness (QED) is 0.904. The van der Waals surface area contributed by atoms with Crippen LogP contribution in [0.1, 0.15) is 24.2 Å². The molecule has 0 radical (unpaired) electrons. The lowest BCUT2D eigenvalue weighted by molar-refractivity contribution is 0.199. The SMILES string of the molecule is Cc1ccc(Cl)cc1NS(=O)(=O)c1cccc(C(C)O)c1. The lowest BCUT2D eigenvalue weighted by Gasteiger charge is -2.12. The van der Waals surface area contributed by atoms with Crippen LogP contribution in [-0.2, 0) is 10.0 Å². The van der Waals surface area contributed by atoms with Gasteiger partial charge in [0, 0.05) is 5.02 Å². The van der Waals surface area contributed by atoms with Gasteiger partial charge in [0.05, 0.1) is 16.7 Å². The van der Waals surface area contributed by atoms with Crippen LogP contribution < -0.4 is 4.72 Å². The molecular formula is C15H16ClNO3S. The van der Waals surface area contributed by atoms with Crippen molar-refractivity contribution in [2.24, 2.45) is 0 Å². The summed E-state index contributed by atoms with van der Waals surface area (Å²) in [6.07, 6.45) is -0.729. The van der Waals surface area contributed by atoms with E-state index < -0.39 is 16.1 Å². The molecule has 0 aromatic heterocycles. The Morgan fingerprint density at radius 1 is 1.19 bits per heavy atom. The van der Waals surface area contributed by atoms with Gasteiger partial charge in [0.1, 0.15) is 0 Å². The van der Waals surface area contributed by atoms with E-state index in [1.165, 1.54) is 12.1 Å². The Labute approximate surface area is 129 Å². The minimum Gasteiger partial charge on any atom is -0.389 e. The van der Waals surface area contributed by atoms with Gasteiger partial charge in [-0.3, -0.25) is 4.72 Å². The fourth-order valence-corrected chi connectivity index (χ4v) is 3.20. The van der Waals surface area contributed by atoms with Crippen molar-refractivity contribution < 1.29 is 13.5 Å². The summed E-state index contributed by atoms with van der Waals surface area (Å²) in [7, 11) is -3.73. The first kappa shape index (κ1) is 15.8. The molecule has 0 amide bonds. The molecule has 112 valence electrons. The molecule has 0 saturated carbocycles. The van der Waals surface area contributed by atoms with E-state index in [4.69, 9.17) is 11.6 Å². The summed E-state index contributed by atoms with van der Waals surface area (Å²) >= 11 is 5.89. The highest BCUT2D eigenvalue weighted by Crippen LogP contribution is 2.24. The maximum Gasteiger partial charge on any atom is 0.261 e. The Kier molecular flexibility index (Phi) is 4.56. The molecule has 4 nitrogen and oxygen atoms in total. The highest BCUT2D eigenvalue weighted by atomic mass is 35.5. The van der Waals surface area contributed by atoms with Gasteiger partial charge < -0.3 is 5.11 Å². The average Bonchev–Trinajstić information content (AvgIpc) is 2.43. The van der Waals surface area contributed by atoms with E-state index in [1.807, 2.05) is 0 Å². The number of sulfonamides is 1. The van der Waals surface area contributed by atoms with Crippen LogP contribution in [0.25, 0.3) is 0 Å². The number of aliphatic hydroxyl groups is 1. The van der Waals surface area contributed by atoms with Crippen LogP contribution in [0.4, 0.5) is 5.69 Å². The standard InChI is InChI=1S/C15H16ClNO3S/c1-10-6-7-13(16)9-15(10)17-21(19,20)14-5-3-4-12(8-14)11(2)18/h3-9,11,17-18H,1-2H3. The molecule has 0 aliphatic rings. The Bertz CT molecular complexity index is 757. The van der Waals surface area contributed by atoms with E-state index in [0.29, 0.717) is 16.3 Å². The number of hydrogen-bond acceptors (Lipinski definition) is 3. The van der Waals surface area contributed by atoms with Crippen molar-refractivity contribution in [2.45, 2.75) is 24.8 Å². The number of rotatable bonds is 4. The van der Waals surface area contributed by atoms with Gasteiger partial charge in [-0.25, -0.2) is 8.42 Å². The largest absolute Gasteiger partial charge is 0.389 e. The summed E-state index contributed by atoms with van der Waals surface area (Å²) in [6, 6.07) is 11.2. The van der Waals surface area contributed by atoms with Crippen molar-refractivity contribution >= 4 is 27.3 Å². The highest BCUT2D eigenvalue weighted by molar-refractivity contribution is 7.92. The number of aliphatic hydroxyl groups excluding tert-OH is 1. The zero-order chi connectivity index (χ0) is 15.6. The zero-order valence-electron chi connectivity index (χ0n) is 11.7. The van der Waals surface area contributed by atoms with Crippen LogP contribution in [0.2, 0.25) is 5.02 Å². The molecule has 6 heteroatoms. The van der Waals surface area contributed by atoms with Crippen LogP contribution in [0.15, 0.2) is 47.4 Å². The van der Waals surface area contributed by atoms with Gasteiger partial charge in [-0.15, -0.1) is 0 Å². The van der Waals surface area contributed by atoms with Crippen molar-refractivity contribution in [1.82, 2.24) is 0 Å². The number of nitrogens with one attached hydrogen (secondary N) is 1. The molecule has 0 aliphatic carbocycles. The van der Waals surface area contributed by atoms with E-state index >= 15 is 0 Å². The van der Waals surface area contributed by atoms with E-state index in [0.717, 1.165) is 5.56 Å². The summed E-state index contributed by atoms with van der Waals surface area (Å²) < 4.78 is 27.3. The smallest absolute Gasteiger partial charge is 0.261 e. The average molecular weight is 326 g/mol. The van der Waals surface area contributed by atoms with Crippen LogP contribution in [-0.4, -0.2) is 13.5 Å². The molecule has 1 unspecified atom stereocenters. The van der Waals surface area contributed by atoms with Crippen LogP contribution in [0.5, 0.6) is 0 Å². The number of benzene rings is 2. The predicted octanol–water partition coefficient (Wildman–Crippen LogP) is 3.50. The van der Waals surface area contributed by atoms with Gasteiger partial charge in [0.25, 0.3) is 10.0 Å². The molecule has 2 aromatic rings. The third-order valence-electron chi connectivity index (χ3n) is 3.09. The van der Waals surface area contributed by atoms with Gasteiger partial charge in [-0.2, -0.15) is 0 Å². The second-order valence-corrected chi connectivity index (χ2v) is 6.93. The summed E-state index contributed by atoms with van der Waals surface area (Å²) in [5.41, 5.74) is 1.75. The van der Waals surface area contributed by atoms with Crippen molar-refractivity contribution in [3.63, 3.8) is 0 Å². The topological polar surface area (TPSA) is 66.4 Å². The molecule has 21 heavy (non-hydrogen) atoms.